The monoisotopic (exact) mass is 318 g/mol. The largest absolute Gasteiger partial charge is 0.435 e. The van der Waals surface area contributed by atoms with Crippen LogP contribution in [0, 0.1) is 11.8 Å². The highest BCUT2D eigenvalue weighted by atomic mass is 35.5. The smallest absolute Gasteiger partial charge is 0.387 e. The second-order valence-corrected chi connectivity index (χ2v) is 5.88. The summed E-state index contributed by atoms with van der Waals surface area (Å²) >= 11 is 0. The first kappa shape index (κ1) is 16.5. The topological polar surface area (TPSA) is 38.5 Å². The fourth-order valence-electron chi connectivity index (χ4n) is 3.56. The van der Waals surface area contributed by atoms with Crippen molar-refractivity contribution >= 4 is 12.4 Å². The lowest BCUT2D eigenvalue weighted by Gasteiger charge is -2.18. The van der Waals surface area contributed by atoms with Gasteiger partial charge in [0.2, 0.25) is 0 Å². The number of benzene rings is 1. The number of nitrogens with zero attached hydrogens (tertiary/aromatic N) is 1. The van der Waals surface area contributed by atoms with E-state index in [2.05, 4.69) is 9.64 Å². The van der Waals surface area contributed by atoms with Crippen LogP contribution in [0.4, 0.5) is 8.78 Å². The van der Waals surface area contributed by atoms with Crippen LogP contribution in [0.15, 0.2) is 24.3 Å². The van der Waals surface area contributed by atoms with Crippen LogP contribution >= 0.6 is 12.4 Å². The van der Waals surface area contributed by atoms with Gasteiger partial charge >= 0.3 is 6.61 Å². The summed E-state index contributed by atoms with van der Waals surface area (Å²) in [5, 5.41) is 0. The molecule has 1 aliphatic carbocycles. The zero-order valence-electron chi connectivity index (χ0n) is 11.8. The summed E-state index contributed by atoms with van der Waals surface area (Å²) in [5.41, 5.74) is 7.25. The number of hydrogen-bond acceptors (Lipinski definition) is 3. The number of ether oxygens (including phenoxy) is 1. The van der Waals surface area contributed by atoms with E-state index in [1.54, 1.807) is 12.1 Å². The number of halogens is 3. The van der Waals surface area contributed by atoms with Crippen molar-refractivity contribution in [1.82, 2.24) is 4.90 Å². The van der Waals surface area contributed by atoms with E-state index in [9.17, 15) is 8.78 Å². The Labute approximate surface area is 129 Å². The summed E-state index contributed by atoms with van der Waals surface area (Å²) in [4.78, 5) is 2.41. The molecule has 3 nitrogen and oxygen atoms in total. The molecule has 1 saturated carbocycles. The van der Waals surface area contributed by atoms with Gasteiger partial charge in [-0.2, -0.15) is 8.78 Å². The summed E-state index contributed by atoms with van der Waals surface area (Å²) in [5.74, 6) is 1.59. The predicted octanol–water partition coefficient (Wildman–Crippen LogP) is 2.88. The maximum absolute atomic E-state index is 12.1. The first-order chi connectivity index (χ1) is 9.61. The second-order valence-electron chi connectivity index (χ2n) is 5.88. The van der Waals surface area contributed by atoms with Crippen LogP contribution in [0.2, 0.25) is 0 Å². The van der Waals surface area contributed by atoms with Gasteiger partial charge < -0.3 is 10.5 Å². The Bertz CT molecular complexity index is 457. The number of rotatable bonds is 4. The molecule has 0 aromatic heterocycles. The number of likely N-dealkylation sites (tertiary alicyclic amines) is 1. The van der Waals surface area contributed by atoms with Crippen LogP contribution in [0.25, 0.3) is 0 Å². The molecule has 0 spiro atoms. The van der Waals surface area contributed by atoms with E-state index >= 15 is 0 Å². The number of hydrogen-bond donors (Lipinski definition) is 1. The maximum Gasteiger partial charge on any atom is 0.387 e. The highest BCUT2D eigenvalue weighted by Gasteiger charge is 2.40. The molecule has 6 heteroatoms. The predicted molar refractivity (Wildman–Crippen MR) is 79.8 cm³/mol. The van der Waals surface area contributed by atoms with Gasteiger partial charge in [-0.1, -0.05) is 12.1 Å². The molecule has 0 amide bonds. The minimum Gasteiger partial charge on any atom is -0.435 e. The van der Waals surface area contributed by atoms with E-state index in [0.29, 0.717) is 12.0 Å². The zero-order valence-corrected chi connectivity index (χ0v) is 12.6. The van der Waals surface area contributed by atoms with Crippen molar-refractivity contribution < 1.29 is 13.5 Å². The summed E-state index contributed by atoms with van der Waals surface area (Å²) in [7, 11) is 0. The normalized spacial score (nSPS) is 28.5. The number of alkyl halides is 2. The maximum atomic E-state index is 12.1. The van der Waals surface area contributed by atoms with Crippen LogP contribution in [-0.2, 0) is 6.54 Å². The van der Waals surface area contributed by atoms with Crippen molar-refractivity contribution in [3.05, 3.63) is 29.8 Å². The minimum absolute atomic E-state index is 0. The third-order valence-electron chi connectivity index (χ3n) is 4.54. The SMILES string of the molecule is Cl.NC1CCC2CN(Cc3ccc(OC(F)F)cc3)CC12. The molecular formula is C15H21ClF2N2O. The van der Waals surface area contributed by atoms with Crippen LogP contribution in [-0.4, -0.2) is 30.6 Å². The van der Waals surface area contributed by atoms with Crippen LogP contribution < -0.4 is 10.5 Å². The zero-order chi connectivity index (χ0) is 14.1. The molecule has 3 rings (SSSR count). The Kier molecular flexibility index (Phi) is 5.41. The summed E-state index contributed by atoms with van der Waals surface area (Å²) in [6.07, 6.45) is 2.40. The molecule has 2 aliphatic rings. The van der Waals surface area contributed by atoms with E-state index in [1.807, 2.05) is 12.1 Å². The molecular weight excluding hydrogens is 298 g/mol. The molecule has 2 fully saturated rings. The quantitative estimate of drug-likeness (QED) is 0.927. The van der Waals surface area contributed by atoms with Gasteiger partial charge in [0, 0.05) is 25.7 Å². The van der Waals surface area contributed by atoms with Crippen LogP contribution in [0.5, 0.6) is 5.75 Å². The van der Waals surface area contributed by atoms with Crippen molar-refractivity contribution in [2.45, 2.75) is 32.0 Å². The molecule has 1 heterocycles. The van der Waals surface area contributed by atoms with Crippen molar-refractivity contribution in [2.75, 3.05) is 13.1 Å². The fraction of sp³-hybridized carbons (Fsp3) is 0.600. The summed E-state index contributed by atoms with van der Waals surface area (Å²) in [6, 6.07) is 7.26. The Hall–Kier alpha value is -0.910. The van der Waals surface area contributed by atoms with Gasteiger partial charge in [0.25, 0.3) is 0 Å². The Morgan fingerprint density at radius 1 is 1.19 bits per heavy atom. The molecule has 21 heavy (non-hydrogen) atoms. The standard InChI is InChI=1S/C15H20F2N2O.ClH/c16-15(17)20-12-4-1-10(2-5-12)7-19-8-11-3-6-14(18)13(11)9-19;/h1-2,4-5,11,13-15H,3,6-9,18H2;1H. The van der Waals surface area contributed by atoms with Crippen molar-refractivity contribution in [1.29, 1.82) is 0 Å². The van der Waals surface area contributed by atoms with E-state index in [1.165, 1.54) is 6.42 Å². The van der Waals surface area contributed by atoms with Crippen LogP contribution in [0.3, 0.4) is 0 Å². The van der Waals surface area contributed by atoms with Gasteiger partial charge in [-0.25, -0.2) is 0 Å². The van der Waals surface area contributed by atoms with E-state index in [-0.39, 0.29) is 18.2 Å². The highest BCUT2D eigenvalue weighted by molar-refractivity contribution is 5.85. The van der Waals surface area contributed by atoms with Gasteiger partial charge in [-0.05, 0) is 42.4 Å². The summed E-state index contributed by atoms with van der Waals surface area (Å²) in [6.45, 7) is 0.254. The lowest BCUT2D eigenvalue weighted by Crippen LogP contribution is -2.30. The Morgan fingerprint density at radius 3 is 2.52 bits per heavy atom. The lowest BCUT2D eigenvalue weighted by molar-refractivity contribution is -0.0498. The van der Waals surface area contributed by atoms with Crippen LogP contribution in [0.1, 0.15) is 18.4 Å². The lowest BCUT2D eigenvalue weighted by atomic mass is 9.98. The molecule has 2 N–H and O–H groups in total. The average Bonchev–Trinajstić information content (AvgIpc) is 2.94. The van der Waals surface area contributed by atoms with Crippen molar-refractivity contribution in [3.8, 4) is 5.75 Å². The van der Waals surface area contributed by atoms with E-state index < -0.39 is 6.61 Å². The molecule has 3 unspecified atom stereocenters. The third-order valence-corrected chi connectivity index (χ3v) is 4.54. The molecule has 1 saturated heterocycles. The van der Waals surface area contributed by atoms with E-state index in [0.717, 1.165) is 37.5 Å². The first-order valence-electron chi connectivity index (χ1n) is 7.13. The Morgan fingerprint density at radius 2 is 1.90 bits per heavy atom. The van der Waals surface area contributed by atoms with Crippen molar-refractivity contribution in [3.63, 3.8) is 0 Å². The molecule has 0 radical (unpaired) electrons. The second kappa shape index (κ2) is 6.90. The Balaban J connectivity index is 0.00000161. The van der Waals surface area contributed by atoms with E-state index in [4.69, 9.17) is 5.73 Å². The summed E-state index contributed by atoms with van der Waals surface area (Å²) < 4.78 is 28.5. The molecule has 1 aromatic carbocycles. The molecule has 1 aromatic rings. The first-order valence-corrected chi connectivity index (χ1v) is 7.13. The minimum atomic E-state index is -2.76. The molecule has 1 aliphatic heterocycles. The van der Waals surface area contributed by atoms with Gasteiger partial charge in [0.15, 0.2) is 0 Å². The number of fused-ring (bicyclic) bond motifs is 1. The van der Waals surface area contributed by atoms with Gasteiger partial charge in [-0.3, -0.25) is 4.90 Å². The molecule has 0 bridgehead atoms. The molecule has 118 valence electrons. The highest BCUT2D eigenvalue weighted by Crippen LogP contribution is 2.37. The van der Waals surface area contributed by atoms with Gasteiger partial charge in [-0.15, -0.1) is 12.4 Å². The third kappa shape index (κ3) is 3.84. The van der Waals surface area contributed by atoms with Crippen molar-refractivity contribution in [2.24, 2.45) is 17.6 Å². The molecule has 3 atom stereocenters. The van der Waals surface area contributed by atoms with Gasteiger partial charge in [0.05, 0.1) is 0 Å². The number of nitrogens with two attached hydrogens (primary N) is 1. The fourth-order valence-corrected chi connectivity index (χ4v) is 3.56. The van der Waals surface area contributed by atoms with Gasteiger partial charge in [0.1, 0.15) is 5.75 Å². The average molecular weight is 319 g/mol.